The molecule has 0 bridgehead atoms. The minimum absolute atomic E-state index is 0.112. The molecule has 0 aliphatic carbocycles. The highest BCUT2D eigenvalue weighted by molar-refractivity contribution is 9.10. The van der Waals surface area contributed by atoms with Gasteiger partial charge in [0.05, 0.1) is 17.0 Å². The molecule has 0 fully saturated rings. The molecule has 25 heavy (non-hydrogen) atoms. The van der Waals surface area contributed by atoms with Gasteiger partial charge in [0, 0.05) is 9.86 Å². The zero-order valence-electron chi connectivity index (χ0n) is 12.9. The Labute approximate surface area is 155 Å². The molecule has 0 aliphatic rings. The topological polar surface area (TPSA) is 72.2 Å². The second kappa shape index (κ2) is 6.81. The van der Waals surface area contributed by atoms with E-state index in [4.69, 9.17) is 0 Å². The van der Waals surface area contributed by atoms with Gasteiger partial charge >= 0.3 is 0 Å². The highest BCUT2D eigenvalue weighted by Crippen LogP contribution is 2.23. The van der Waals surface area contributed by atoms with E-state index in [0.29, 0.717) is 5.16 Å². The molecule has 0 spiro atoms. The first-order chi connectivity index (χ1) is 12.2. The summed E-state index contributed by atoms with van der Waals surface area (Å²) in [4.78, 5) is 21.0. The molecule has 124 valence electrons. The van der Waals surface area contributed by atoms with Crippen molar-refractivity contribution in [2.75, 3.05) is 11.1 Å². The number of hydrogen-bond donors (Lipinski definition) is 1. The average molecular weight is 414 g/mol. The van der Waals surface area contributed by atoms with Crippen LogP contribution in [0.2, 0.25) is 0 Å². The lowest BCUT2D eigenvalue weighted by Crippen LogP contribution is -2.14. The van der Waals surface area contributed by atoms with E-state index in [0.717, 1.165) is 26.7 Å². The predicted molar refractivity (Wildman–Crippen MR) is 102 cm³/mol. The molecule has 4 rings (SSSR count). The molecule has 0 unspecified atom stereocenters. The first kappa shape index (κ1) is 16.0. The highest BCUT2D eigenvalue weighted by atomic mass is 79.9. The Morgan fingerprint density at radius 3 is 2.84 bits per heavy atom. The maximum absolute atomic E-state index is 12.1. The van der Waals surface area contributed by atoms with Crippen molar-refractivity contribution >= 4 is 55.8 Å². The first-order valence-electron chi connectivity index (χ1n) is 7.48. The van der Waals surface area contributed by atoms with Crippen molar-refractivity contribution in [3.05, 3.63) is 59.3 Å². The van der Waals surface area contributed by atoms with Gasteiger partial charge in [-0.25, -0.2) is 14.5 Å². The minimum atomic E-state index is -0.112. The van der Waals surface area contributed by atoms with Crippen molar-refractivity contribution < 1.29 is 4.79 Å². The molecule has 4 aromatic rings. The van der Waals surface area contributed by atoms with E-state index in [2.05, 4.69) is 36.3 Å². The summed E-state index contributed by atoms with van der Waals surface area (Å²) in [6, 6.07) is 15.3. The molecule has 0 saturated heterocycles. The van der Waals surface area contributed by atoms with Crippen LogP contribution in [0.15, 0.2) is 64.5 Å². The highest BCUT2D eigenvalue weighted by Gasteiger charge is 2.11. The van der Waals surface area contributed by atoms with Gasteiger partial charge in [-0.15, -0.1) is 5.10 Å². The molecule has 8 heteroatoms. The molecule has 1 amide bonds. The van der Waals surface area contributed by atoms with E-state index in [1.54, 1.807) is 10.8 Å². The zero-order valence-corrected chi connectivity index (χ0v) is 15.3. The Morgan fingerprint density at radius 1 is 1.16 bits per heavy atom. The van der Waals surface area contributed by atoms with E-state index < -0.39 is 0 Å². The second-order valence-corrected chi connectivity index (χ2v) is 7.04. The van der Waals surface area contributed by atoms with Crippen LogP contribution in [-0.2, 0) is 4.79 Å². The van der Waals surface area contributed by atoms with Gasteiger partial charge in [-0.1, -0.05) is 36.0 Å². The normalized spacial score (nSPS) is 11.1. The summed E-state index contributed by atoms with van der Waals surface area (Å²) < 4.78 is 2.48. The number of aromatic nitrogens is 4. The number of benzene rings is 2. The summed E-state index contributed by atoms with van der Waals surface area (Å²) in [5.41, 5.74) is 2.34. The SMILES string of the molecule is O=C(CSc1nc2c3ccccc3ncn2n1)Nc1ccccc1Br. The number of amides is 1. The average Bonchev–Trinajstić information content (AvgIpc) is 3.06. The zero-order chi connectivity index (χ0) is 17.2. The summed E-state index contributed by atoms with van der Waals surface area (Å²) >= 11 is 4.70. The van der Waals surface area contributed by atoms with E-state index in [9.17, 15) is 4.79 Å². The number of hydrogen-bond acceptors (Lipinski definition) is 5. The fourth-order valence-electron chi connectivity index (χ4n) is 2.40. The largest absolute Gasteiger partial charge is 0.324 e. The molecule has 0 aliphatic heterocycles. The number of carbonyl (C=O) groups excluding carboxylic acids is 1. The fraction of sp³-hybridized carbons (Fsp3) is 0.0588. The van der Waals surface area contributed by atoms with Crippen LogP contribution in [0, 0.1) is 0 Å². The van der Waals surface area contributed by atoms with Gasteiger partial charge in [-0.2, -0.15) is 0 Å². The Bertz CT molecular complexity index is 1080. The summed E-state index contributed by atoms with van der Waals surface area (Å²) in [5, 5.41) is 8.71. The number of para-hydroxylation sites is 2. The molecule has 0 atom stereocenters. The standard InChI is InChI=1S/C17H12BrN5OS/c18-12-6-2-4-8-14(12)20-15(24)9-25-17-21-16-11-5-1-3-7-13(11)19-10-23(16)22-17/h1-8,10H,9H2,(H,20,24). The number of fused-ring (bicyclic) bond motifs is 3. The van der Waals surface area contributed by atoms with Crippen molar-refractivity contribution in [2.45, 2.75) is 5.16 Å². The van der Waals surface area contributed by atoms with E-state index >= 15 is 0 Å². The van der Waals surface area contributed by atoms with E-state index in [1.165, 1.54) is 11.8 Å². The van der Waals surface area contributed by atoms with Crippen LogP contribution in [0.1, 0.15) is 0 Å². The molecule has 2 heterocycles. The van der Waals surface area contributed by atoms with Crippen LogP contribution < -0.4 is 5.32 Å². The summed E-state index contributed by atoms with van der Waals surface area (Å²) in [5.74, 6) is 0.113. The maximum Gasteiger partial charge on any atom is 0.234 e. The van der Waals surface area contributed by atoms with Gasteiger partial charge < -0.3 is 5.32 Å². The maximum atomic E-state index is 12.1. The van der Waals surface area contributed by atoms with Gasteiger partial charge in [0.15, 0.2) is 5.65 Å². The number of anilines is 1. The summed E-state index contributed by atoms with van der Waals surface area (Å²) in [6.45, 7) is 0. The van der Waals surface area contributed by atoms with Crippen LogP contribution in [0.3, 0.4) is 0 Å². The van der Waals surface area contributed by atoms with Crippen LogP contribution in [-0.4, -0.2) is 31.2 Å². The van der Waals surface area contributed by atoms with Crippen molar-refractivity contribution in [1.29, 1.82) is 0 Å². The van der Waals surface area contributed by atoms with Crippen LogP contribution in [0.25, 0.3) is 16.6 Å². The number of rotatable bonds is 4. The van der Waals surface area contributed by atoms with Crippen LogP contribution in [0.5, 0.6) is 0 Å². The van der Waals surface area contributed by atoms with Crippen molar-refractivity contribution in [3.63, 3.8) is 0 Å². The molecule has 6 nitrogen and oxygen atoms in total. The van der Waals surface area contributed by atoms with Crippen LogP contribution in [0.4, 0.5) is 5.69 Å². The third-order valence-electron chi connectivity index (χ3n) is 3.54. The van der Waals surface area contributed by atoms with Crippen molar-refractivity contribution in [1.82, 2.24) is 19.6 Å². The smallest absolute Gasteiger partial charge is 0.234 e. The summed E-state index contributed by atoms with van der Waals surface area (Å²) in [6.07, 6.45) is 1.63. The predicted octanol–water partition coefficient (Wildman–Crippen LogP) is 3.77. The number of thioether (sulfide) groups is 1. The molecular weight excluding hydrogens is 402 g/mol. The first-order valence-corrected chi connectivity index (χ1v) is 9.26. The Kier molecular flexibility index (Phi) is 4.37. The second-order valence-electron chi connectivity index (χ2n) is 5.24. The van der Waals surface area contributed by atoms with Gasteiger partial charge in [0.25, 0.3) is 0 Å². The van der Waals surface area contributed by atoms with Crippen molar-refractivity contribution in [3.8, 4) is 0 Å². The van der Waals surface area contributed by atoms with Gasteiger partial charge in [-0.05, 0) is 40.2 Å². The monoisotopic (exact) mass is 413 g/mol. The fourth-order valence-corrected chi connectivity index (χ4v) is 3.41. The van der Waals surface area contributed by atoms with Gasteiger partial charge in [0.2, 0.25) is 11.1 Å². The Hall–Kier alpha value is -2.45. The summed E-state index contributed by atoms with van der Waals surface area (Å²) in [7, 11) is 0. The number of nitrogens with zero attached hydrogens (tertiary/aromatic N) is 4. The molecule has 2 aromatic heterocycles. The number of halogens is 1. The Balaban J connectivity index is 1.50. The minimum Gasteiger partial charge on any atom is -0.324 e. The van der Waals surface area contributed by atoms with Crippen LogP contribution >= 0.6 is 27.7 Å². The molecule has 1 N–H and O–H groups in total. The molecular formula is C17H12BrN5OS. The molecule has 0 radical (unpaired) electrons. The van der Waals surface area contributed by atoms with E-state index in [1.807, 2.05) is 48.5 Å². The van der Waals surface area contributed by atoms with Gasteiger partial charge in [0.1, 0.15) is 6.33 Å². The lowest BCUT2D eigenvalue weighted by molar-refractivity contribution is -0.113. The third-order valence-corrected chi connectivity index (χ3v) is 5.07. The van der Waals surface area contributed by atoms with Crippen molar-refractivity contribution in [2.24, 2.45) is 0 Å². The lowest BCUT2D eigenvalue weighted by atomic mass is 10.2. The Morgan fingerprint density at radius 2 is 1.96 bits per heavy atom. The molecule has 0 saturated carbocycles. The quantitative estimate of drug-likeness (QED) is 0.515. The number of nitrogens with one attached hydrogen (secondary N) is 1. The number of carbonyl (C=O) groups is 1. The molecule has 2 aromatic carbocycles. The van der Waals surface area contributed by atoms with Gasteiger partial charge in [-0.3, -0.25) is 4.79 Å². The third kappa shape index (κ3) is 3.35. The lowest BCUT2D eigenvalue weighted by Gasteiger charge is -2.05. The van der Waals surface area contributed by atoms with E-state index in [-0.39, 0.29) is 11.7 Å².